The lowest BCUT2D eigenvalue weighted by atomic mass is 9.85. The standard InChI is InChI=1S/C11H16N2O2/c1-13-7-9(11(14)15)10(12-13)8-5-3-2-4-6-8/h7-8H,2-6H2,1H3,(H,14,15). The van der Waals surface area contributed by atoms with Crippen LogP contribution in [0.1, 0.15) is 54.1 Å². The molecule has 0 saturated heterocycles. The third-order valence-corrected chi connectivity index (χ3v) is 3.08. The predicted molar refractivity (Wildman–Crippen MR) is 56.0 cm³/mol. The Morgan fingerprint density at radius 1 is 1.47 bits per heavy atom. The Labute approximate surface area is 88.9 Å². The molecule has 15 heavy (non-hydrogen) atoms. The van der Waals surface area contributed by atoms with Gasteiger partial charge in [-0.3, -0.25) is 4.68 Å². The zero-order valence-corrected chi connectivity index (χ0v) is 8.94. The lowest BCUT2D eigenvalue weighted by Crippen LogP contribution is -2.09. The van der Waals surface area contributed by atoms with E-state index in [2.05, 4.69) is 5.10 Å². The average molecular weight is 208 g/mol. The average Bonchev–Trinajstić information content (AvgIpc) is 2.62. The molecule has 4 heteroatoms. The lowest BCUT2D eigenvalue weighted by molar-refractivity contribution is 0.0694. The van der Waals surface area contributed by atoms with Gasteiger partial charge in [0.15, 0.2) is 0 Å². The van der Waals surface area contributed by atoms with Gasteiger partial charge in [0.1, 0.15) is 5.56 Å². The third-order valence-electron chi connectivity index (χ3n) is 3.08. The summed E-state index contributed by atoms with van der Waals surface area (Å²) >= 11 is 0. The summed E-state index contributed by atoms with van der Waals surface area (Å²) in [6.45, 7) is 0. The largest absolute Gasteiger partial charge is 0.478 e. The van der Waals surface area contributed by atoms with Gasteiger partial charge in [0.25, 0.3) is 0 Å². The molecule has 0 bridgehead atoms. The fourth-order valence-corrected chi connectivity index (χ4v) is 2.35. The molecule has 0 amide bonds. The highest BCUT2D eigenvalue weighted by Gasteiger charge is 2.24. The van der Waals surface area contributed by atoms with Crippen LogP contribution in [0.25, 0.3) is 0 Å². The van der Waals surface area contributed by atoms with E-state index in [0.29, 0.717) is 11.5 Å². The predicted octanol–water partition coefficient (Wildman–Crippen LogP) is 2.17. The molecule has 0 radical (unpaired) electrons. The molecule has 2 rings (SSSR count). The van der Waals surface area contributed by atoms with Crippen LogP contribution in [0, 0.1) is 0 Å². The maximum atomic E-state index is 11.0. The van der Waals surface area contributed by atoms with Crippen molar-refractivity contribution in [3.05, 3.63) is 17.5 Å². The van der Waals surface area contributed by atoms with Crippen molar-refractivity contribution in [3.8, 4) is 0 Å². The second-order valence-electron chi connectivity index (χ2n) is 4.24. The maximum absolute atomic E-state index is 11.0. The number of carboxylic acids is 1. The molecule has 1 saturated carbocycles. The molecule has 1 aliphatic carbocycles. The zero-order valence-electron chi connectivity index (χ0n) is 8.94. The van der Waals surface area contributed by atoms with E-state index in [-0.39, 0.29) is 0 Å². The Hall–Kier alpha value is -1.32. The number of rotatable bonds is 2. The van der Waals surface area contributed by atoms with Gasteiger partial charge in [-0.05, 0) is 12.8 Å². The summed E-state index contributed by atoms with van der Waals surface area (Å²) in [5.41, 5.74) is 1.16. The first-order valence-electron chi connectivity index (χ1n) is 5.45. The van der Waals surface area contributed by atoms with Crippen LogP contribution in [-0.4, -0.2) is 20.9 Å². The molecule has 0 aromatic carbocycles. The fraction of sp³-hybridized carbons (Fsp3) is 0.636. The van der Waals surface area contributed by atoms with Gasteiger partial charge in [-0.15, -0.1) is 0 Å². The van der Waals surface area contributed by atoms with Crippen molar-refractivity contribution >= 4 is 5.97 Å². The quantitative estimate of drug-likeness (QED) is 0.810. The summed E-state index contributed by atoms with van der Waals surface area (Å²) in [6, 6.07) is 0. The van der Waals surface area contributed by atoms with Crippen molar-refractivity contribution in [2.75, 3.05) is 0 Å². The van der Waals surface area contributed by atoms with E-state index in [1.165, 1.54) is 19.3 Å². The third kappa shape index (κ3) is 2.03. The van der Waals surface area contributed by atoms with Crippen LogP contribution in [0.15, 0.2) is 6.20 Å². The molecular weight excluding hydrogens is 192 g/mol. The molecule has 82 valence electrons. The van der Waals surface area contributed by atoms with Gasteiger partial charge >= 0.3 is 5.97 Å². The summed E-state index contributed by atoms with van der Waals surface area (Å²) < 4.78 is 1.60. The number of aromatic nitrogens is 2. The highest BCUT2D eigenvalue weighted by molar-refractivity contribution is 5.88. The van der Waals surface area contributed by atoms with Crippen molar-refractivity contribution in [1.82, 2.24) is 9.78 Å². The monoisotopic (exact) mass is 208 g/mol. The van der Waals surface area contributed by atoms with Crippen molar-refractivity contribution in [3.63, 3.8) is 0 Å². The Morgan fingerprint density at radius 2 is 2.13 bits per heavy atom. The molecule has 1 heterocycles. The van der Waals surface area contributed by atoms with Gasteiger partial charge in [0.2, 0.25) is 0 Å². The highest BCUT2D eigenvalue weighted by Crippen LogP contribution is 2.33. The number of aryl methyl sites for hydroxylation is 1. The molecule has 1 fully saturated rings. The Bertz CT molecular complexity index is 365. The Balaban J connectivity index is 2.28. The molecule has 1 aromatic heterocycles. The van der Waals surface area contributed by atoms with E-state index in [1.54, 1.807) is 17.9 Å². The van der Waals surface area contributed by atoms with E-state index in [0.717, 1.165) is 18.5 Å². The zero-order chi connectivity index (χ0) is 10.8. The highest BCUT2D eigenvalue weighted by atomic mass is 16.4. The van der Waals surface area contributed by atoms with E-state index in [9.17, 15) is 4.79 Å². The summed E-state index contributed by atoms with van der Waals surface area (Å²) in [5, 5.41) is 13.3. The van der Waals surface area contributed by atoms with E-state index >= 15 is 0 Å². The van der Waals surface area contributed by atoms with Crippen LogP contribution >= 0.6 is 0 Å². The molecule has 1 aromatic rings. The molecule has 4 nitrogen and oxygen atoms in total. The summed E-state index contributed by atoms with van der Waals surface area (Å²) in [4.78, 5) is 11.0. The summed E-state index contributed by atoms with van der Waals surface area (Å²) in [7, 11) is 1.78. The number of carbonyl (C=O) groups is 1. The molecule has 0 aliphatic heterocycles. The molecule has 0 unspecified atom stereocenters. The van der Waals surface area contributed by atoms with Crippen LogP contribution in [0.4, 0.5) is 0 Å². The minimum atomic E-state index is -0.858. The fourth-order valence-electron chi connectivity index (χ4n) is 2.35. The summed E-state index contributed by atoms with van der Waals surface area (Å²) in [6.07, 6.45) is 7.42. The van der Waals surface area contributed by atoms with E-state index in [4.69, 9.17) is 5.11 Å². The topological polar surface area (TPSA) is 55.1 Å². The van der Waals surface area contributed by atoms with Crippen molar-refractivity contribution < 1.29 is 9.90 Å². The number of hydrogen-bond acceptors (Lipinski definition) is 2. The first kappa shape index (κ1) is 10.2. The smallest absolute Gasteiger partial charge is 0.339 e. The molecule has 0 spiro atoms. The molecule has 1 N–H and O–H groups in total. The second-order valence-corrected chi connectivity index (χ2v) is 4.24. The van der Waals surface area contributed by atoms with Crippen LogP contribution in [0.2, 0.25) is 0 Å². The van der Waals surface area contributed by atoms with Crippen LogP contribution in [-0.2, 0) is 7.05 Å². The Morgan fingerprint density at radius 3 is 2.73 bits per heavy atom. The minimum absolute atomic E-state index is 0.353. The van der Waals surface area contributed by atoms with Crippen molar-refractivity contribution in [2.45, 2.75) is 38.0 Å². The van der Waals surface area contributed by atoms with Crippen LogP contribution in [0.3, 0.4) is 0 Å². The first-order valence-corrected chi connectivity index (χ1v) is 5.45. The van der Waals surface area contributed by atoms with Gasteiger partial charge in [0, 0.05) is 19.2 Å². The number of carboxylic acid groups (broad SMARTS) is 1. The minimum Gasteiger partial charge on any atom is -0.478 e. The van der Waals surface area contributed by atoms with Crippen LogP contribution < -0.4 is 0 Å². The number of hydrogen-bond donors (Lipinski definition) is 1. The van der Waals surface area contributed by atoms with Crippen molar-refractivity contribution in [1.29, 1.82) is 0 Å². The number of aromatic carboxylic acids is 1. The first-order chi connectivity index (χ1) is 7.18. The van der Waals surface area contributed by atoms with Gasteiger partial charge in [-0.2, -0.15) is 5.10 Å². The van der Waals surface area contributed by atoms with E-state index in [1.807, 2.05) is 0 Å². The SMILES string of the molecule is Cn1cc(C(=O)O)c(C2CCCCC2)n1. The molecule has 1 aliphatic rings. The van der Waals surface area contributed by atoms with Gasteiger partial charge in [0.05, 0.1) is 5.69 Å². The van der Waals surface area contributed by atoms with Gasteiger partial charge in [-0.1, -0.05) is 19.3 Å². The second kappa shape index (κ2) is 4.04. The normalized spacial score (nSPS) is 17.9. The lowest BCUT2D eigenvalue weighted by Gasteiger charge is -2.20. The van der Waals surface area contributed by atoms with Crippen molar-refractivity contribution in [2.24, 2.45) is 7.05 Å². The number of nitrogens with zero attached hydrogens (tertiary/aromatic N) is 2. The summed E-state index contributed by atoms with van der Waals surface area (Å²) in [5.74, 6) is -0.505. The maximum Gasteiger partial charge on any atom is 0.339 e. The van der Waals surface area contributed by atoms with E-state index < -0.39 is 5.97 Å². The van der Waals surface area contributed by atoms with Crippen LogP contribution in [0.5, 0.6) is 0 Å². The molecular formula is C11H16N2O2. The van der Waals surface area contributed by atoms with Gasteiger partial charge in [-0.25, -0.2) is 4.79 Å². The Kier molecular flexibility index (Phi) is 2.75. The van der Waals surface area contributed by atoms with Gasteiger partial charge < -0.3 is 5.11 Å². The molecule has 0 atom stereocenters.